The minimum absolute atomic E-state index is 0.121. The number of hydrogen-bond acceptors (Lipinski definition) is 6. The smallest absolute Gasteiger partial charge is 0.245 e. The fourth-order valence-electron chi connectivity index (χ4n) is 2.86. The van der Waals surface area contributed by atoms with Crippen LogP contribution in [0, 0.1) is 27.7 Å². The van der Waals surface area contributed by atoms with Crippen molar-refractivity contribution in [2.75, 3.05) is 6.54 Å². The molecule has 0 fully saturated rings. The van der Waals surface area contributed by atoms with E-state index in [1.165, 1.54) is 0 Å². The Hall–Kier alpha value is -2.26. The van der Waals surface area contributed by atoms with Gasteiger partial charge in [0, 0.05) is 24.0 Å². The van der Waals surface area contributed by atoms with Crippen LogP contribution in [0.4, 0.5) is 0 Å². The molecular weight excluding hydrogens is 342 g/mol. The summed E-state index contributed by atoms with van der Waals surface area (Å²) in [7, 11) is -3.61. The molecule has 0 saturated heterocycles. The molecule has 0 aliphatic carbocycles. The van der Waals surface area contributed by atoms with E-state index in [0.717, 1.165) is 22.7 Å². The first kappa shape index (κ1) is 17.6. The predicted octanol–water partition coefficient (Wildman–Crippen LogP) is 1.86. The number of rotatable bonds is 6. The Morgan fingerprint density at radius 2 is 1.96 bits per heavy atom. The van der Waals surface area contributed by atoms with Crippen molar-refractivity contribution < 1.29 is 12.9 Å². The van der Waals surface area contributed by atoms with Crippen LogP contribution in [0.25, 0.3) is 5.65 Å². The van der Waals surface area contributed by atoms with Crippen LogP contribution < -0.4 is 4.72 Å². The molecule has 25 heavy (non-hydrogen) atoms. The van der Waals surface area contributed by atoms with Gasteiger partial charge in [0.15, 0.2) is 11.4 Å². The number of fused-ring (bicyclic) bond motifs is 1. The van der Waals surface area contributed by atoms with Crippen LogP contribution in [0.1, 0.15) is 35.0 Å². The third kappa shape index (κ3) is 3.57. The standard InChI is InChI=1S/C16H21N5O3S/c1-10-8-11(2)21-15(18-10)9-14(19-21)6-5-7-17-25(22,23)16-12(3)20-24-13(16)4/h8-9,17H,5-7H2,1-4H3. The van der Waals surface area contributed by atoms with Gasteiger partial charge in [-0.15, -0.1) is 0 Å². The number of aromatic nitrogens is 4. The van der Waals surface area contributed by atoms with Gasteiger partial charge in [-0.05, 0) is 46.6 Å². The zero-order valence-corrected chi connectivity index (χ0v) is 15.5. The van der Waals surface area contributed by atoms with Crippen molar-refractivity contribution in [3.05, 3.63) is 40.7 Å². The summed E-state index contributed by atoms with van der Waals surface area (Å²) in [6.45, 7) is 7.44. The molecule has 3 aromatic heterocycles. The summed E-state index contributed by atoms with van der Waals surface area (Å²) in [6, 6.07) is 3.91. The molecule has 0 amide bonds. The Labute approximate surface area is 146 Å². The summed E-state index contributed by atoms with van der Waals surface area (Å²) in [5.41, 5.74) is 4.03. The van der Waals surface area contributed by atoms with Gasteiger partial charge in [0.1, 0.15) is 10.6 Å². The number of aryl methyl sites for hydroxylation is 5. The Kier molecular flexibility index (Phi) is 4.61. The zero-order valence-electron chi connectivity index (χ0n) is 14.7. The summed E-state index contributed by atoms with van der Waals surface area (Å²) in [5, 5.41) is 8.20. The summed E-state index contributed by atoms with van der Waals surface area (Å²) in [6.07, 6.45) is 1.29. The van der Waals surface area contributed by atoms with Crippen molar-refractivity contribution in [1.29, 1.82) is 0 Å². The molecule has 1 N–H and O–H groups in total. The van der Waals surface area contributed by atoms with Gasteiger partial charge in [0.2, 0.25) is 10.0 Å². The van der Waals surface area contributed by atoms with Gasteiger partial charge in [-0.3, -0.25) is 0 Å². The van der Waals surface area contributed by atoms with Crippen molar-refractivity contribution in [1.82, 2.24) is 24.5 Å². The average molecular weight is 363 g/mol. The molecule has 3 rings (SSSR count). The second-order valence-corrected chi connectivity index (χ2v) is 7.80. The minimum atomic E-state index is -3.61. The summed E-state index contributed by atoms with van der Waals surface area (Å²) < 4.78 is 34.0. The summed E-state index contributed by atoms with van der Waals surface area (Å²) >= 11 is 0. The highest BCUT2D eigenvalue weighted by Gasteiger charge is 2.23. The fraction of sp³-hybridized carbons (Fsp3) is 0.438. The molecule has 0 atom stereocenters. The largest absolute Gasteiger partial charge is 0.360 e. The van der Waals surface area contributed by atoms with Gasteiger partial charge >= 0.3 is 0 Å². The normalized spacial score (nSPS) is 12.2. The van der Waals surface area contributed by atoms with Crippen molar-refractivity contribution >= 4 is 15.7 Å². The fourth-order valence-corrected chi connectivity index (χ4v) is 4.26. The van der Waals surface area contributed by atoms with Gasteiger partial charge in [-0.25, -0.2) is 22.6 Å². The average Bonchev–Trinajstić information content (AvgIpc) is 3.07. The maximum atomic E-state index is 12.3. The lowest BCUT2D eigenvalue weighted by Crippen LogP contribution is -2.26. The molecule has 0 radical (unpaired) electrons. The van der Waals surface area contributed by atoms with Gasteiger partial charge in [0.05, 0.1) is 5.69 Å². The molecule has 0 spiro atoms. The van der Waals surface area contributed by atoms with Crippen LogP contribution in [-0.4, -0.2) is 34.7 Å². The number of hydrogen-bond donors (Lipinski definition) is 1. The lowest BCUT2D eigenvalue weighted by molar-refractivity contribution is 0.390. The molecule has 0 unspecified atom stereocenters. The van der Waals surface area contributed by atoms with E-state index in [0.29, 0.717) is 30.8 Å². The second-order valence-electron chi connectivity index (χ2n) is 6.10. The Morgan fingerprint density at radius 1 is 1.20 bits per heavy atom. The minimum Gasteiger partial charge on any atom is -0.360 e. The lowest BCUT2D eigenvalue weighted by Gasteiger charge is -2.05. The molecule has 9 heteroatoms. The van der Waals surface area contributed by atoms with Crippen LogP contribution in [0.5, 0.6) is 0 Å². The lowest BCUT2D eigenvalue weighted by atomic mass is 10.2. The number of nitrogens with one attached hydrogen (secondary N) is 1. The van der Waals surface area contributed by atoms with Crippen LogP contribution in [0.2, 0.25) is 0 Å². The summed E-state index contributed by atoms with van der Waals surface area (Å²) in [5.74, 6) is 0.294. The van der Waals surface area contributed by atoms with Gasteiger partial charge in [0.25, 0.3) is 0 Å². The van der Waals surface area contributed by atoms with Crippen molar-refractivity contribution in [2.45, 2.75) is 45.4 Å². The van der Waals surface area contributed by atoms with Crippen LogP contribution in [-0.2, 0) is 16.4 Å². The molecule has 0 aliphatic heterocycles. The summed E-state index contributed by atoms with van der Waals surface area (Å²) in [4.78, 5) is 4.57. The van der Waals surface area contributed by atoms with Crippen LogP contribution in [0.3, 0.4) is 0 Å². The van der Waals surface area contributed by atoms with Gasteiger partial charge < -0.3 is 4.52 Å². The van der Waals surface area contributed by atoms with Gasteiger partial charge in [-0.2, -0.15) is 5.10 Å². The van der Waals surface area contributed by atoms with Crippen LogP contribution >= 0.6 is 0 Å². The molecule has 3 heterocycles. The highest BCUT2D eigenvalue weighted by atomic mass is 32.2. The molecule has 0 bridgehead atoms. The molecule has 0 saturated carbocycles. The Bertz CT molecular complexity index is 1000. The molecule has 0 aromatic carbocycles. The number of sulfonamides is 1. The van der Waals surface area contributed by atoms with Crippen molar-refractivity contribution in [3.8, 4) is 0 Å². The highest BCUT2D eigenvalue weighted by Crippen LogP contribution is 2.18. The second kappa shape index (κ2) is 6.57. The molecule has 3 aromatic rings. The number of nitrogens with zero attached hydrogens (tertiary/aromatic N) is 4. The molecule has 8 nitrogen and oxygen atoms in total. The molecule has 134 valence electrons. The Balaban J connectivity index is 1.63. The van der Waals surface area contributed by atoms with Crippen LogP contribution in [0.15, 0.2) is 21.6 Å². The van der Waals surface area contributed by atoms with Crippen molar-refractivity contribution in [2.24, 2.45) is 0 Å². The third-order valence-corrected chi connectivity index (χ3v) is 5.63. The van der Waals surface area contributed by atoms with Gasteiger partial charge in [-0.1, -0.05) is 5.16 Å². The quantitative estimate of drug-likeness (QED) is 0.671. The van der Waals surface area contributed by atoms with Crippen molar-refractivity contribution in [3.63, 3.8) is 0 Å². The predicted molar refractivity (Wildman–Crippen MR) is 91.9 cm³/mol. The highest BCUT2D eigenvalue weighted by molar-refractivity contribution is 7.89. The maximum absolute atomic E-state index is 12.3. The molecule has 0 aliphatic rings. The third-order valence-electron chi connectivity index (χ3n) is 3.92. The topological polar surface area (TPSA) is 102 Å². The van der Waals surface area contributed by atoms with E-state index in [-0.39, 0.29) is 4.90 Å². The van der Waals surface area contributed by atoms with E-state index in [2.05, 4.69) is 20.0 Å². The zero-order chi connectivity index (χ0) is 18.2. The first-order valence-corrected chi connectivity index (χ1v) is 9.51. The SMILES string of the molecule is Cc1cc(C)n2nc(CCCNS(=O)(=O)c3c(C)noc3C)cc2n1. The van der Waals surface area contributed by atoms with E-state index in [1.807, 2.05) is 26.0 Å². The molecular formula is C16H21N5O3S. The first-order valence-electron chi connectivity index (χ1n) is 8.03. The van der Waals surface area contributed by atoms with E-state index >= 15 is 0 Å². The Morgan fingerprint density at radius 3 is 2.64 bits per heavy atom. The van der Waals surface area contributed by atoms with E-state index in [9.17, 15) is 8.42 Å². The first-order chi connectivity index (χ1) is 11.8. The van der Waals surface area contributed by atoms with E-state index < -0.39 is 10.0 Å². The monoisotopic (exact) mass is 363 g/mol. The maximum Gasteiger partial charge on any atom is 0.245 e. The van der Waals surface area contributed by atoms with E-state index in [1.54, 1.807) is 18.4 Å². The van der Waals surface area contributed by atoms with E-state index in [4.69, 9.17) is 4.52 Å².